The molecule has 0 aliphatic heterocycles. The lowest BCUT2D eigenvalue weighted by molar-refractivity contribution is 0.583. The van der Waals surface area contributed by atoms with E-state index in [2.05, 4.69) is 6.92 Å². The number of nitrogens with zero attached hydrogens (tertiary/aromatic N) is 1. The zero-order valence-corrected chi connectivity index (χ0v) is 10.1. The largest absolute Gasteiger partial charge is 0.372 e. The minimum absolute atomic E-state index is 1.09. The summed E-state index contributed by atoms with van der Waals surface area (Å²) in [6, 6.07) is 0. The summed E-state index contributed by atoms with van der Waals surface area (Å²) >= 11 is 5.20. The van der Waals surface area contributed by atoms with Crippen LogP contribution in [0.15, 0.2) is 0 Å². The second-order valence-electron chi connectivity index (χ2n) is 3.81. The highest BCUT2D eigenvalue weighted by Crippen LogP contribution is 2.07. The van der Waals surface area contributed by atoms with E-state index in [-0.39, 0.29) is 0 Å². The van der Waals surface area contributed by atoms with Crippen LogP contribution in [0.5, 0.6) is 0 Å². The number of hydrogen-bond acceptors (Lipinski definition) is 1. The number of unbranched alkanes of at least 4 members (excludes halogenated alkanes) is 5. The summed E-state index contributed by atoms with van der Waals surface area (Å²) in [7, 11) is 4.05. The van der Waals surface area contributed by atoms with E-state index in [1.165, 1.54) is 38.5 Å². The van der Waals surface area contributed by atoms with Crippen LogP contribution in [0, 0.1) is 0 Å². The summed E-state index contributed by atoms with van der Waals surface area (Å²) in [4.78, 5) is 3.14. The molecule has 0 aliphatic rings. The Balaban J connectivity index is 3.12. The van der Waals surface area contributed by atoms with Crippen molar-refractivity contribution < 1.29 is 0 Å². The van der Waals surface area contributed by atoms with E-state index in [9.17, 15) is 0 Å². The molecule has 0 N–H and O–H groups in total. The summed E-state index contributed by atoms with van der Waals surface area (Å²) in [5.74, 6) is 0. The highest BCUT2D eigenvalue weighted by Gasteiger charge is 1.97. The van der Waals surface area contributed by atoms with E-state index >= 15 is 0 Å². The van der Waals surface area contributed by atoms with Crippen molar-refractivity contribution in [2.45, 2.75) is 51.9 Å². The van der Waals surface area contributed by atoms with Crippen LogP contribution < -0.4 is 0 Å². The summed E-state index contributed by atoms with van der Waals surface area (Å²) in [6.45, 7) is 2.25. The molecule has 0 rings (SSSR count). The Labute approximate surface area is 88.5 Å². The highest BCUT2D eigenvalue weighted by atomic mass is 32.1. The SMILES string of the molecule is CCCCCCCCC(=S)N(C)C. The second-order valence-corrected chi connectivity index (χ2v) is 4.28. The van der Waals surface area contributed by atoms with Crippen LogP contribution in [0.1, 0.15) is 51.9 Å². The minimum atomic E-state index is 1.09. The van der Waals surface area contributed by atoms with Crippen LogP contribution >= 0.6 is 12.2 Å². The maximum atomic E-state index is 5.20. The third-order valence-electron chi connectivity index (χ3n) is 2.24. The Morgan fingerprint density at radius 3 is 2.08 bits per heavy atom. The lowest BCUT2D eigenvalue weighted by Crippen LogP contribution is -2.19. The summed E-state index contributed by atoms with van der Waals surface area (Å²) in [6.07, 6.45) is 9.19. The molecular weight excluding hydrogens is 178 g/mol. The Bertz CT molecular complexity index is 132. The van der Waals surface area contributed by atoms with Crippen LogP contribution in [-0.2, 0) is 0 Å². The first-order valence-corrected chi connectivity index (χ1v) is 5.79. The minimum Gasteiger partial charge on any atom is -0.372 e. The van der Waals surface area contributed by atoms with Gasteiger partial charge in [-0.3, -0.25) is 0 Å². The van der Waals surface area contributed by atoms with Gasteiger partial charge in [0.15, 0.2) is 0 Å². The fourth-order valence-corrected chi connectivity index (χ4v) is 1.42. The van der Waals surface area contributed by atoms with Crippen LogP contribution in [0.25, 0.3) is 0 Å². The maximum absolute atomic E-state index is 5.20. The molecule has 13 heavy (non-hydrogen) atoms. The predicted molar refractivity (Wildman–Crippen MR) is 64.3 cm³/mol. The Kier molecular flexibility index (Phi) is 8.41. The number of rotatable bonds is 7. The number of hydrogen-bond donors (Lipinski definition) is 0. The zero-order valence-electron chi connectivity index (χ0n) is 9.31. The average molecular weight is 201 g/mol. The van der Waals surface area contributed by atoms with Gasteiger partial charge in [0.25, 0.3) is 0 Å². The van der Waals surface area contributed by atoms with Gasteiger partial charge in [-0.05, 0) is 12.8 Å². The molecule has 0 unspecified atom stereocenters. The molecule has 0 aromatic carbocycles. The number of thiocarbonyl (C=S) groups is 1. The first-order chi connectivity index (χ1) is 6.18. The van der Waals surface area contributed by atoms with Gasteiger partial charge in [0.1, 0.15) is 0 Å². The smallest absolute Gasteiger partial charge is 0.0774 e. The highest BCUT2D eigenvalue weighted by molar-refractivity contribution is 7.80. The van der Waals surface area contributed by atoms with E-state index in [1.54, 1.807) is 0 Å². The summed E-state index contributed by atoms with van der Waals surface area (Å²) in [5, 5.41) is 0. The molecule has 0 atom stereocenters. The lowest BCUT2D eigenvalue weighted by atomic mass is 10.1. The summed E-state index contributed by atoms with van der Waals surface area (Å²) < 4.78 is 0. The van der Waals surface area contributed by atoms with Crippen LogP contribution in [0.2, 0.25) is 0 Å². The van der Waals surface area contributed by atoms with Gasteiger partial charge in [-0.15, -0.1) is 0 Å². The van der Waals surface area contributed by atoms with E-state index in [4.69, 9.17) is 12.2 Å². The molecule has 0 aromatic heterocycles. The normalized spacial score (nSPS) is 10.1. The quantitative estimate of drug-likeness (QED) is 0.457. The van der Waals surface area contributed by atoms with Crippen LogP contribution in [0.3, 0.4) is 0 Å². The first kappa shape index (κ1) is 12.9. The molecule has 0 saturated carbocycles. The topological polar surface area (TPSA) is 3.24 Å². The first-order valence-electron chi connectivity index (χ1n) is 5.38. The van der Waals surface area contributed by atoms with Gasteiger partial charge in [0, 0.05) is 14.1 Å². The van der Waals surface area contributed by atoms with E-state index in [0.29, 0.717) is 0 Å². The average Bonchev–Trinajstić information content (AvgIpc) is 2.10. The standard InChI is InChI=1S/C11H23NS/c1-4-5-6-7-8-9-10-11(13)12(2)3/h4-10H2,1-3H3. The fourth-order valence-electron chi connectivity index (χ4n) is 1.28. The summed E-state index contributed by atoms with van der Waals surface area (Å²) in [5.41, 5.74) is 0. The van der Waals surface area contributed by atoms with Gasteiger partial charge in [0.2, 0.25) is 0 Å². The zero-order chi connectivity index (χ0) is 10.1. The molecule has 0 amide bonds. The van der Waals surface area contributed by atoms with E-state index < -0.39 is 0 Å². The van der Waals surface area contributed by atoms with Gasteiger partial charge in [0.05, 0.1) is 4.99 Å². The molecule has 0 heterocycles. The van der Waals surface area contributed by atoms with E-state index in [1.807, 2.05) is 19.0 Å². The van der Waals surface area contributed by atoms with Crippen molar-refractivity contribution in [3.63, 3.8) is 0 Å². The van der Waals surface area contributed by atoms with Crippen LogP contribution in [0.4, 0.5) is 0 Å². The van der Waals surface area contributed by atoms with Crippen molar-refractivity contribution in [1.29, 1.82) is 0 Å². The Morgan fingerprint density at radius 1 is 1.00 bits per heavy atom. The van der Waals surface area contributed by atoms with Crippen LogP contribution in [-0.4, -0.2) is 24.0 Å². The van der Waals surface area contributed by atoms with Crippen molar-refractivity contribution in [2.75, 3.05) is 14.1 Å². The maximum Gasteiger partial charge on any atom is 0.0774 e. The Morgan fingerprint density at radius 2 is 1.54 bits per heavy atom. The van der Waals surface area contributed by atoms with Crippen molar-refractivity contribution in [3.05, 3.63) is 0 Å². The third-order valence-corrected chi connectivity index (χ3v) is 2.81. The Hall–Kier alpha value is -0.110. The van der Waals surface area contributed by atoms with Crippen molar-refractivity contribution >= 4 is 17.2 Å². The third kappa shape index (κ3) is 8.23. The molecular formula is C11H23NS. The lowest BCUT2D eigenvalue weighted by Gasteiger charge is -2.12. The molecule has 1 nitrogen and oxygen atoms in total. The molecule has 0 aliphatic carbocycles. The van der Waals surface area contributed by atoms with Gasteiger partial charge in [-0.2, -0.15) is 0 Å². The molecule has 0 bridgehead atoms. The van der Waals surface area contributed by atoms with Gasteiger partial charge in [-0.25, -0.2) is 0 Å². The van der Waals surface area contributed by atoms with Crippen molar-refractivity contribution in [1.82, 2.24) is 4.90 Å². The van der Waals surface area contributed by atoms with Crippen molar-refractivity contribution in [3.8, 4) is 0 Å². The fraction of sp³-hybridized carbons (Fsp3) is 0.909. The molecule has 0 aromatic rings. The molecule has 0 saturated heterocycles. The molecule has 0 fully saturated rings. The molecule has 2 heteroatoms. The van der Waals surface area contributed by atoms with Crippen molar-refractivity contribution in [2.24, 2.45) is 0 Å². The van der Waals surface area contributed by atoms with E-state index in [0.717, 1.165) is 11.4 Å². The van der Waals surface area contributed by atoms with Gasteiger partial charge in [-0.1, -0.05) is 51.2 Å². The monoisotopic (exact) mass is 201 g/mol. The predicted octanol–water partition coefficient (Wildman–Crippen LogP) is 3.63. The molecule has 78 valence electrons. The van der Waals surface area contributed by atoms with Gasteiger partial charge < -0.3 is 4.90 Å². The van der Waals surface area contributed by atoms with Gasteiger partial charge >= 0.3 is 0 Å². The molecule has 0 radical (unpaired) electrons. The molecule has 0 spiro atoms. The second kappa shape index (κ2) is 8.49.